The molecule has 1 saturated heterocycles. The van der Waals surface area contributed by atoms with Crippen LogP contribution in [0.2, 0.25) is 0 Å². The van der Waals surface area contributed by atoms with Crippen molar-refractivity contribution in [3.05, 3.63) is 0 Å². The van der Waals surface area contributed by atoms with Gasteiger partial charge in [0, 0.05) is 25.6 Å². The van der Waals surface area contributed by atoms with Crippen LogP contribution in [0.25, 0.3) is 0 Å². The van der Waals surface area contributed by atoms with Gasteiger partial charge < -0.3 is 14.5 Å². The third-order valence-electron chi connectivity index (χ3n) is 3.38. The molecular formula is C15H28N2O3. The predicted molar refractivity (Wildman–Crippen MR) is 78.4 cm³/mol. The number of carbonyl (C=O) groups is 2. The van der Waals surface area contributed by atoms with Crippen LogP contribution >= 0.6 is 0 Å². The molecule has 20 heavy (non-hydrogen) atoms. The predicted octanol–water partition coefficient (Wildman–Crippen LogP) is 2.50. The van der Waals surface area contributed by atoms with Gasteiger partial charge in [-0.1, -0.05) is 13.8 Å². The number of amides is 2. The van der Waals surface area contributed by atoms with E-state index in [0.29, 0.717) is 13.1 Å². The molecule has 0 aromatic carbocycles. The molecule has 0 radical (unpaired) electrons. The third kappa shape index (κ3) is 4.39. The standard InChI is InChI=1S/C15H28N2O3/c1-7-17(14(19)20-15(4,5)6)12-8-9-16(10-12)13(18)11(2)3/h11-12H,7-10H2,1-6H3. The second kappa shape index (κ2) is 6.46. The van der Waals surface area contributed by atoms with E-state index in [2.05, 4.69) is 0 Å². The Morgan fingerprint density at radius 2 is 1.95 bits per heavy atom. The van der Waals surface area contributed by atoms with Crippen molar-refractivity contribution in [2.45, 2.75) is 59.6 Å². The average molecular weight is 284 g/mol. The fourth-order valence-corrected chi connectivity index (χ4v) is 2.42. The minimum Gasteiger partial charge on any atom is -0.444 e. The molecule has 0 spiro atoms. The van der Waals surface area contributed by atoms with E-state index in [9.17, 15) is 9.59 Å². The van der Waals surface area contributed by atoms with Crippen LogP contribution in [-0.4, -0.2) is 53.1 Å². The fourth-order valence-electron chi connectivity index (χ4n) is 2.42. The first kappa shape index (κ1) is 16.8. The summed E-state index contributed by atoms with van der Waals surface area (Å²) in [6.45, 7) is 13.3. The summed E-state index contributed by atoms with van der Waals surface area (Å²) in [7, 11) is 0. The molecular weight excluding hydrogens is 256 g/mol. The van der Waals surface area contributed by atoms with Gasteiger partial charge >= 0.3 is 6.09 Å². The van der Waals surface area contributed by atoms with Crippen LogP contribution in [0.15, 0.2) is 0 Å². The number of nitrogens with zero attached hydrogens (tertiary/aromatic N) is 2. The zero-order valence-electron chi connectivity index (χ0n) is 13.6. The maximum absolute atomic E-state index is 12.2. The summed E-state index contributed by atoms with van der Waals surface area (Å²) in [5.74, 6) is 0.165. The first-order chi connectivity index (χ1) is 9.15. The maximum atomic E-state index is 12.2. The number of ether oxygens (including phenoxy) is 1. The quantitative estimate of drug-likeness (QED) is 0.800. The summed E-state index contributed by atoms with van der Waals surface area (Å²) in [6.07, 6.45) is 0.537. The smallest absolute Gasteiger partial charge is 0.410 e. The number of carbonyl (C=O) groups excluding carboxylic acids is 2. The lowest BCUT2D eigenvalue weighted by atomic mass is 10.2. The highest BCUT2D eigenvalue weighted by atomic mass is 16.6. The van der Waals surface area contributed by atoms with E-state index in [4.69, 9.17) is 4.74 Å². The van der Waals surface area contributed by atoms with Gasteiger partial charge in [-0.25, -0.2) is 4.79 Å². The molecule has 1 atom stereocenters. The second-order valence-electron chi connectivity index (χ2n) is 6.65. The normalized spacial score (nSPS) is 19.4. The van der Waals surface area contributed by atoms with E-state index in [1.165, 1.54) is 0 Å². The van der Waals surface area contributed by atoms with Gasteiger partial charge in [0.1, 0.15) is 5.60 Å². The van der Waals surface area contributed by atoms with Crippen molar-refractivity contribution >= 4 is 12.0 Å². The molecule has 0 N–H and O–H groups in total. The molecule has 5 nitrogen and oxygen atoms in total. The molecule has 0 aromatic rings. The highest BCUT2D eigenvalue weighted by Gasteiger charge is 2.34. The van der Waals surface area contributed by atoms with Crippen molar-refractivity contribution in [1.29, 1.82) is 0 Å². The maximum Gasteiger partial charge on any atom is 0.410 e. The van der Waals surface area contributed by atoms with Gasteiger partial charge in [0.2, 0.25) is 5.91 Å². The van der Waals surface area contributed by atoms with Crippen LogP contribution in [0.3, 0.4) is 0 Å². The second-order valence-corrected chi connectivity index (χ2v) is 6.65. The Kier molecular flexibility index (Phi) is 5.42. The Balaban J connectivity index is 2.64. The van der Waals surface area contributed by atoms with Crippen LogP contribution in [0.1, 0.15) is 48.0 Å². The summed E-state index contributed by atoms with van der Waals surface area (Å²) < 4.78 is 5.43. The molecule has 1 aliphatic rings. The van der Waals surface area contributed by atoms with Crippen molar-refractivity contribution < 1.29 is 14.3 Å². The van der Waals surface area contributed by atoms with Crippen molar-refractivity contribution in [3.63, 3.8) is 0 Å². The molecule has 0 aliphatic carbocycles. The lowest BCUT2D eigenvalue weighted by Gasteiger charge is -2.30. The average Bonchev–Trinajstić information content (AvgIpc) is 2.75. The van der Waals surface area contributed by atoms with E-state index in [1.807, 2.05) is 46.4 Å². The monoisotopic (exact) mass is 284 g/mol. The van der Waals surface area contributed by atoms with Gasteiger partial charge in [0.05, 0.1) is 6.04 Å². The fraction of sp³-hybridized carbons (Fsp3) is 0.867. The van der Waals surface area contributed by atoms with Gasteiger partial charge in [-0.05, 0) is 34.1 Å². The topological polar surface area (TPSA) is 49.9 Å². The minimum atomic E-state index is -0.490. The number of hydrogen-bond acceptors (Lipinski definition) is 3. The van der Waals surface area contributed by atoms with Crippen LogP contribution in [0.4, 0.5) is 4.79 Å². The molecule has 1 unspecified atom stereocenters. The zero-order valence-corrected chi connectivity index (χ0v) is 13.6. The van der Waals surface area contributed by atoms with Crippen molar-refractivity contribution in [1.82, 2.24) is 9.80 Å². The molecule has 1 aliphatic heterocycles. The molecule has 0 aromatic heterocycles. The first-order valence-electron chi connectivity index (χ1n) is 7.44. The lowest BCUT2D eigenvalue weighted by Crippen LogP contribution is -2.45. The molecule has 116 valence electrons. The van der Waals surface area contributed by atoms with E-state index >= 15 is 0 Å². The Hall–Kier alpha value is -1.26. The zero-order chi connectivity index (χ0) is 15.5. The summed E-state index contributed by atoms with van der Waals surface area (Å²) in [4.78, 5) is 27.8. The molecule has 1 fully saturated rings. The summed E-state index contributed by atoms with van der Waals surface area (Å²) in [6, 6.07) is 0.0672. The molecule has 0 saturated carbocycles. The minimum absolute atomic E-state index is 0.00496. The molecule has 0 bridgehead atoms. The van der Waals surface area contributed by atoms with Gasteiger partial charge in [-0.2, -0.15) is 0 Å². The summed E-state index contributed by atoms with van der Waals surface area (Å²) in [5.41, 5.74) is -0.490. The van der Waals surface area contributed by atoms with Gasteiger partial charge in [-0.3, -0.25) is 4.79 Å². The van der Waals surface area contributed by atoms with Gasteiger partial charge in [-0.15, -0.1) is 0 Å². The Bertz CT molecular complexity index is 361. The Morgan fingerprint density at radius 3 is 2.40 bits per heavy atom. The van der Waals surface area contributed by atoms with E-state index in [1.54, 1.807) is 4.90 Å². The Labute approximate surface area is 122 Å². The highest BCUT2D eigenvalue weighted by Crippen LogP contribution is 2.20. The lowest BCUT2D eigenvalue weighted by molar-refractivity contribution is -0.133. The summed E-state index contributed by atoms with van der Waals surface area (Å²) >= 11 is 0. The number of hydrogen-bond donors (Lipinski definition) is 0. The van der Waals surface area contributed by atoms with Crippen LogP contribution in [0, 0.1) is 5.92 Å². The molecule has 1 rings (SSSR count). The van der Waals surface area contributed by atoms with Crippen molar-refractivity contribution in [3.8, 4) is 0 Å². The molecule has 2 amide bonds. The van der Waals surface area contributed by atoms with Crippen LogP contribution in [0.5, 0.6) is 0 Å². The van der Waals surface area contributed by atoms with E-state index in [-0.39, 0.29) is 24.0 Å². The summed E-state index contributed by atoms with van der Waals surface area (Å²) in [5, 5.41) is 0. The highest BCUT2D eigenvalue weighted by molar-refractivity contribution is 5.78. The largest absolute Gasteiger partial charge is 0.444 e. The number of likely N-dealkylation sites (N-methyl/N-ethyl adjacent to an activating group) is 1. The van der Waals surface area contributed by atoms with Crippen molar-refractivity contribution in [2.24, 2.45) is 5.92 Å². The number of likely N-dealkylation sites (tertiary alicyclic amines) is 1. The SMILES string of the molecule is CCN(C(=O)OC(C)(C)C)C1CCN(C(=O)C(C)C)C1. The van der Waals surface area contributed by atoms with Gasteiger partial charge in [0.15, 0.2) is 0 Å². The van der Waals surface area contributed by atoms with Gasteiger partial charge in [0.25, 0.3) is 0 Å². The first-order valence-corrected chi connectivity index (χ1v) is 7.44. The molecule has 5 heteroatoms. The van der Waals surface area contributed by atoms with Crippen LogP contribution in [-0.2, 0) is 9.53 Å². The third-order valence-corrected chi connectivity index (χ3v) is 3.38. The van der Waals surface area contributed by atoms with E-state index < -0.39 is 5.60 Å². The molecule has 1 heterocycles. The van der Waals surface area contributed by atoms with Crippen molar-refractivity contribution in [2.75, 3.05) is 19.6 Å². The van der Waals surface area contributed by atoms with E-state index in [0.717, 1.165) is 13.0 Å². The number of rotatable bonds is 3. The Morgan fingerprint density at radius 1 is 1.35 bits per heavy atom. The van der Waals surface area contributed by atoms with Crippen LogP contribution < -0.4 is 0 Å².